The molecule has 4 unspecified atom stereocenters. The number of aliphatic hydroxyl groups is 2. The lowest BCUT2D eigenvalue weighted by Gasteiger charge is -2.24. The first-order valence-electron chi connectivity index (χ1n) is 20.5. The Morgan fingerprint density at radius 1 is 0.680 bits per heavy atom. The second-order valence-corrected chi connectivity index (χ2v) is 15.5. The van der Waals surface area contributed by atoms with E-state index in [1.165, 1.54) is 122 Å². The molecule has 0 aliphatic rings. The van der Waals surface area contributed by atoms with Crippen LogP contribution in [-0.2, 0) is 18.4 Å². The Kier molecular flexibility index (Phi) is 35.5. The van der Waals surface area contributed by atoms with Crippen molar-refractivity contribution in [3.8, 4) is 0 Å². The number of carbonyl (C=O) groups excluding carboxylic acids is 1. The number of phosphoric ester groups is 1. The number of aliphatic hydroxyl groups excluding tert-OH is 2. The highest BCUT2D eigenvalue weighted by atomic mass is 31.2. The monoisotopic (exact) mass is 731 g/mol. The van der Waals surface area contributed by atoms with Gasteiger partial charge in [-0.15, -0.1) is 0 Å². The first-order chi connectivity index (χ1) is 24.3. The third-order valence-electron chi connectivity index (χ3n) is 9.08. The highest BCUT2D eigenvalue weighted by molar-refractivity contribution is 7.47. The van der Waals surface area contributed by atoms with E-state index in [1.807, 2.05) is 6.08 Å². The minimum absolute atomic E-state index is 0.0458. The van der Waals surface area contributed by atoms with Gasteiger partial charge in [0, 0.05) is 6.54 Å². The molecule has 0 rings (SSSR count). The Hall–Kier alpha value is -1.06. The molecule has 0 aromatic heterocycles. The van der Waals surface area contributed by atoms with Crippen LogP contribution in [0.1, 0.15) is 187 Å². The maximum atomic E-state index is 12.7. The molecule has 0 bridgehead atoms. The standard InChI is InChI=1S/C40H79N2O7P/c1-3-5-7-9-11-13-15-16-17-18-19-20-21-22-24-26-28-30-32-39(44)38(36-49-50(46,47)48-34-33-41)42-40(45)35-37(43)31-29-27-25-23-14-12-10-8-6-4-2/h22,24,30,32,37-39,43-44H,3-21,23,25-29,31,33-36,41H2,1-2H3,(H,42,45)(H,46,47)/b24-22+,32-30+. The van der Waals surface area contributed by atoms with Gasteiger partial charge in [-0.25, -0.2) is 4.57 Å². The SMILES string of the molecule is CCCCCCCCCCCCCC/C=C/CC/C=C/C(O)C(COP(=O)(O)OCCN)NC(=O)CC(O)CCCCCCCCCCCC. The van der Waals surface area contributed by atoms with E-state index in [2.05, 4.69) is 31.3 Å². The summed E-state index contributed by atoms with van der Waals surface area (Å²) in [6.45, 7) is 3.93. The zero-order chi connectivity index (χ0) is 37.0. The van der Waals surface area contributed by atoms with Crippen molar-refractivity contribution in [2.24, 2.45) is 5.73 Å². The van der Waals surface area contributed by atoms with Gasteiger partial charge in [0.25, 0.3) is 0 Å². The molecular formula is C40H79N2O7P. The van der Waals surface area contributed by atoms with Crippen LogP contribution in [0.2, 0.25) is 0 Å². The van der Waals surface area contributed by atoms with Crippen molar-refractivity contribution < 1.29 is 33.5 Å². The van der Waals surface area contributed by atoms with E-state index >= 15 is 0 Å². The molecule has 0 spiro atoms. The van der Waals surface area contributed by atoms with Crippen molar-refractivity contribution in [2.75, 3.05) is 19.8 Å². The number of hydrogen-bond donors (Lipinski definition) is 5. The summed E-state index contributed by atoms with van der Waals surface area (Å²) in [6.07, 6.45) is 37.0. The topological polar surface area (TPSA) is 151 Å². The molecule has 6 N–H and O–H groups in total. The average molecular weight is 731 g/mol. The molecule has 0 saturated carbocycles. The van der Waals surface area contributed by atoms with Crippen molar-refractivity contribution in [2.45, 2.75) is 205 Å². The highest BCUT2D eigenvalue weighted by Crippen LogP contribution is 2.43. The number of unbranched alkanes of at least 4 members (excludes halogenated alkanes) is 22. The van der Waals surface area contributed by atoms with E-state index in [-0.39, 0.29) is 19.6 Å². The van der Waals surface area contributed by atoms with Gasteiger partial charge in [0.2, 0.25) is 5.91 Å². The summed E-state index contributed by atoms with van der Waals surface area (Å²) in [5.74, 6) is -0.456. The van der Waals surface area contributed by atoms with E-state index < -0.39 is 38.6 Å². The van der Waals surface area contributed by atoms with Crippen molar-refractivity contribution in [3.05, 3.63) is 24.3 Å². The van der Waals surface area contributed by atoms with E-state index in [0.29, 0.717) is 12.8 Å². The lowest BCUT2D eigenvalue weighted by molar-refractivity contribution is -0.124. The van der Waals surface area contributed by atoms with Gasteiger partial charge in [-0.3, -0.25) is 13.8 Å². The van der Waals surface area contributed by atoms with Gasteiger partial charge in [0.1, 0.15) is 0 Å². The summed E-state index contributed by atoms with van der Waals surface area (Å²) >= 11 is 0. The lowest BCUT2D eigenvalue weighted by Crippen LogP contribution is -2.46. The normalized spacial score (nSPS) is 15.1. The maximum Gasteiger partial charge on any atom is 0.472 e. The Labute approximate surface area is 307 Å². The van der Waals surface area contributed by atoms with Crippen molar-refractivity contribution in [1.82, 2.24) is 5.32 Å². The molecule has 50 heavy (non-hydrogen) atoms. The fraction of sp³-hybridized carbons (Fsp3) is 0.875. The van der Waals surface area contributed by atoms with Crippen molar-refractivity contribution in [1.29, 1.82) is 0 Å². The molecule has 1 amide bonds. The minimum atomic E-state index is -4.40. The molecule has 9 nitrogen and oxygen atoms in total. The van der Waals surface area contributed by atoms with Crippen molar-refractivity contribution >= 4 is 13.7 Å². The van der Waals surface area contributed by atoms with Crippen LogP contribution in [0.4, 0.5) is 0 Å². The van der Waals surface area contributed by atoms with Crippen LogP contribution in [0.15, 0.2) is 24.3 Å². The zero-order valence-electron chi connectivity index (χ0n) is 32.3. The molecule has 0 aromatic carbocycles. The van der Waals surface area contributed by atoms with Gasteiger partial charge in [0.05, 0.1) is 37.9 Å². The number of allylic oxidation sites excluding steroid dienone is 3. The average Bonchev–Trinajstić information content (AvgIpc) is 3.09. The summed E-state index contributed by atoms with van der Waals surface area (Å²) in [7, 11) is -4.40. The molecule has 296 valence electrons. The Morgan fingerprint density at radius 2 is 1.14 bits per heavy atom. The summed E-state index contributed by atoms with van der Waals surface area (Å²) in [6, 6.07) is -0.994. The number of nitrogens with one attached hydrogen (secondary N) is 1. The van der Waals surface area contributed by atoms with Gasteiger partial charge in [-0.1, -0.05) is 173 Å². The van der Waals surface area contributed by atoms with Crippen molar-refractivity contribution in [3.63, 3.8) is 0 Å². The smallest absolute Gasteiger partial charge is 0.393 e. The molecule has 0 aliphatic carbocycles. The summed E-state index contributed by atoms with van der Waals surface area (Å²) < 4.78 is 22.0. The van der Waals surface area contributed by atoms with E-state index in [4.69, 9.17) is 14.8 Å². The molecule has 0 aliphatic heterocycles. The molecule has 4 atom stereocenters. The van der Waals surface area contributed by atoms with E-state index in [9.17, 15) is 24.5 Å². The quantitative estimate of drug-likeness (QED) is 0.0239. The van der Waals surface area contributed by atoms with Crippen LogP contribution in [0, 0.1) is 0 Å². The summed E-state index contributed by atoms with van der Waals surface area (Å²) in [5.41, 5.74) is 5.35. The molecule has 0 fully saturated rings. The minimum Gasteiger partial charge on any atom is -0.393 e. The van der Waals surface area contributed by atoms with Gasteiger partial charge in [0.15, 0.2) is 0 Å². The molecule has 0 aromatic rings. The van der Waals surface area contributed by atoms with Crippen LogP contribution in [0.25, 0.3) is 0 Å². The van der Waals surface area contributed by atoms with Crippen LogP contribution in [-0.4, -0.2) is 59.0 Å². The third kappa shape index (κ3) is 34.0. The van der Waals surface area contributed by atoms with Crippen LogP contribution in [0.3, 0.4) is 0 Å². The predicted octanol–water partition coefficient (Wildman–Crippen LogP) is 9.97. The number of nitrogens with two attached hydrogens (primary N) is 1. The molecular weight excluding hydrogens is 651 g/mol. The lowest BCUT2D eigenvalue weighted by atomic mass is 10.0. The van der Waals surface area contributed by atoms with E-state index in [1.54, 1.807) is 6.08 Å². The van der Waals surface area contributed by atoms with Crippen LogP contribution < -0.4 is 11.1 Å². The second kappa shape index (κ2) is 36.3. The van der Waals surface area contributed by atoms with Gasteiger partial charge < -0.3 is 26.2 Å². The Balaban J connectivity index is 4.41. The molecule has 0 heterocycles. The van der Waals surface area contributed by atoms with Crippen LogP contribution >= 0.6 is 7.82 Å². The first-order valence-corrected chi connectivity index (χ1v) is 22.0. The molecule has 0 radical (unpaired) electrons. The number of rotatable bonds is 38. The van der Waals surface area contributed by atoms with E-state index in [0.717, 1.165) is 32.1 Å². The summed E-state index contributed by atoms with van der Waals surface area (Å²) in [5, 5.41) is 23.9. The van der Waals surface area contributed by atoms with Gasteiger partial charge >= 0.3 is 7.82 Å². The predicted molar refractivity (Wildman–Crippen MR) is 209 cm³/mol. The number of amides is 1. The maximum absolute atomic E-state index is 12.7. The fourth-order valence-electron chi connectivity index (χ4n) is 5.96. The largest absolute Gasteiger partial charge is 0.472 e. The zero-order valence-corrected chi connectivity index (χ0v) is 33.1. The number of phosphoric acid groups is 1. The number of carbonyl (C=O) groups is 1. The van der Waals surface area contributed by atoms with Gasteiger partial charge in [-0.2, -0.15) is 0 Å². The second-order valence-electron chi connectivity index (χ2n) is 14.0. The highest BCUT2D eigenvalue weighted by Gasteiger charge is 2.27. The van der Waals surface area contributed by atoms with Crippen LogP contribution in [0.5, 0.6) is 0 Å². The Bertz CT molecular complexity index is 858. The molecule has 0 saturated heterocycles. The molecule has 10 heteroatoms. The fourth-order valence-corrected chi connectivity index (χ4v) is 6.72. The third-order valence-corrected chi connectivity index (χ3v) is 10.1. The first kappa shape index (κ1) is 48.9. The summed E-state index contributed by atoms with van der Waals surface area (Å²) in [4.78, 5) is 22.7. The van der Waals surface area contributed by atoms with Gasteiger partial charge in [-0.05, 0) is 32.1 Å². The number of hydrogen-bond acceptors (Lipinski definition) is 7. The Morgan fingerprint density at radius 3 is 1.66 bits per heavy atom.